The van der Waals surface area contributed by atoms with Crippen LogP contribution in [0.4, 0.5) is 15.9 Å². The van der Waals surface area contributed by atoms with Crippen molar-refractivity contribution in [1.82, 2.24) is 19.3 Å². The van der Waals surface area contributed by atoms with E-state index in [4.69, 9.17) is 10.5 Å². The molecule has 3 N–H and O–H groups in total. The van der Waals surface area contributed by atoms with Crippen molar-refractivity contribution in [2.75, 3.05) is 24.4 Å². The average Bonchev–Trinajstić information content (AvgIpc) is 3.24. The van der Waals surface area contributed by atoms with Gasteiger partial charge >= 0.3 is 5.69 Å². The van der Waals surface area contributed by atoms with Gasteiger partial charge in [-0.05, 0) is 24.6 Å². The summed E-state index contributed by atoms with van der Waals surface area (Å²) in [6.07, 6.45) is 1.31. The number of hydrogen-bond donors (Lipinski definition) is 2. The molecule has 4 rings (SSSR count). The number of ether oxygens (including phenoxy) is 1. The maximum atomic E-state index is 14.4. The number of nitrogens with zero attached hydrogens (tertiary/aromatic N) is 4. The van der Waals surface area contributed by atoms with Crippen LogP contribution in [0.1, 0.15) is 21.6 Å². The average molecular weight is 493 g/mol. The number of aromatic amines is 1. The lowest BCUT2D eigenvalue weighted by molar-refractivity contribution is 0.0984. The number of halogens is 1. The van der Waals surface area contributed by atoms with Gasteiger partial charge in [-0.1, -0.05) is 42.5 Å². The van der Waals surface area contributed by atoms with E-state index >= 15 is 0 Å². The van der Waals surface area contributed by atoms with Crippen LogP contribution < -0.4 is 21.9 Å². The lowest BCUT2D eigenvalue weighted by Gasteiger charge is -2.24. The maximum Gasteiger partial charge on any atom is 0.330 e. The molecule has 186 valence electrons. The molecule has 0 saturated heterocycles. The second-order valence-electron chi connectivity index (χ2n) is 8.02. The molecule has 2 heterocycles. The Kier molecular flexibility index (Phi) is 7.11. The summed E-state index contributed by atoms with van der Waals surface area (Å²) in [6, 6.07) is 15.1. The fraction of sp³-hybridized carbons (Fsp3) is 0.200. The highest BCUT2D eigenvalue weighted by atomic mass is 19.1. The number of H-pyrrole nitrogens is 1. The van der Waals surface area contributed by atoms with Crippen molar-refractivity contribution in [3.05, 3.63) is 104 Å². The number of nitrogens with two attached hydrogens (primary N) is 1. The van der Waals surface area contributed by atoms with Gasteiger partial charge in [-0.2, -0.15) is 5.10 Å². The van der Waals surface area contributed by atoms with Gasteiger partial charge in [0.2, 0.25) is 0 Å². The van der Waals surface area contributed by atoms with Gasteiger partial charge < -0.3 is 10.5 Å². The van der Waals surface area contributed by atoms with E-state index in [1.165, 1.54) is 29.0 Å². The van der Waals surface area contributed by atoms with Crippen LogP contribution in [0, 0.1) is 12.7 Å². The molecule has 4 aromatic rings. The third-order valence-corrected chi connectivity index (χ3v) is 5.75. The lowest BCUT2D eigenvalue weighted by atomic mass is 10.1. The van der Waals surface area contributed by atoms with Crippen LogP contribution in [0.25, 0.3) is 5.69 Å². The van der Waals surface area contributed by atoms with Crippen LogP contribution in [0.15, 0.2) is 70.4 Å². The van der Waals surface area contributed by atoms with Gasteiger partial charge in [0, 0.05) is 7.11 Å². The van der Waals surface area contributed by atoms with E-state index in [-0.39, 0.29) is 42.5 Å². The molecule has 10 nitrogen and oxygen atoms in total. The third-order valence-electron chi connectivity index (χ3n) is 5.75. The number of anilines is 2. The molecule has 0 fully saturated rings. The molecule has 36 heavy (non-hydrogen) atoms. The topological polar surface area (TPSA) is 128 Å². The molecular weight excluding hydrogens is 467 g/mol. The number of amides is 1. The lowest BCUT2D eigenvalue weighted by Crippen LogP contribution is -2.41. The number of hydrogen-bond acceptors (Lipinski definition) is 6. The summed E-state index contributed by atoms with van der Waals surface area (Å²) < 4.78 is 21.9. The third kappa shape index (κ3) is 4.68. The second-order valence-corrected chi connectivity index (χ2v) is 8.02. The van der Waals surface area contributed by atoms with E-state index in [1.807, 2.05) is 6.07 Å². The Labute approximate surface area is 205 Å². The highest BCUT2D eigenvalue weighted by Gasteiger charge is 2.28. The number of carbonyl (C=O) groups excluding carboxylic acids is 1. The quantitative estimate of drug-likeness (QED) is 0.388. The first-order valence-electron chi connectivity index (χ1n) is 11.1. The summed E-state index contributed by atoms with van der Waals surface area (Å²) in [7, 11) is 1.47. The zero-order valence-electron chi connectivity index (χ0n) is 19.8. The minimum absolute atomic E-state index is 0.0141. The number of aromatic nitrogens is 4. The van der Waals surface area contributed by atoms with E-state index in [0.717, 1.165) is 10.1 Å². The van der Waals surface area contributed by atoms with Gasteiger partial charge in [0.05, 0.1) is 37.2 Å². The molecule has 0 aliphatic rings. The largest absolute Gasteiger partial charge is 0.383 e. The first kappa shape index (κ1) is 24.6. The van der Waals surface area contributed by atoms with Crippen LogP contribution in [0.3, 0.4) is 0 Å². The van der Waals surface area contributed by atoms with Crippen LogP contribution in [0.5, 0.6) is 0 Å². The number of nitrogens with one attached hydrogen (secondary N) is 1. The van der Waals surface area contributed by atoms with Crippen molar-refractivity contribution in [1.29, 1.82) is 0 Å². The number of methoxy groups -OCH3 is 1. The van der Waals surface area contributed by atoms with Gasteiger partial charge in [0.15, 0.2) is 5.69 Å². The predicted molar refractivity (Wildman–Crippen MR) is 133 cm³/mol. The van der Waals surface area contributed by atoms with Crippen molar-refractivity contribution < 1.29 is 13.9 Å². The van der Waals surface area contributed by atoms with Crippen LogP contribution >= 0.6 is 0 Å². The van der Waals surface area contributed by atoms with E-state index < -0.39 is 23.0 Å². The molecule has 0 aliphatic heterocycles. The predicted octanol–water partition coefficient (Wildman–Crippen LogP) is 2.25. The zero-order valence-corrected chi connectivity index (χ0v) is 19.8. The summed E-state index contributed by atoms with van der Waals surface area (Å²) >= 11 is 0. The highest BCUT2D eigenvalue weighted by molar-refractivity contribution is 6.07. The maximum absolute atomic E-state index is 14.4. The van der Waals surface area contributed by atoms with E-state index in [1.54, 1.807) is 49.4 Å². The Morgan fingerprint density at radius 3 is 2.53 bits per heavy atom. The number of rotatable bonds is 8. The normalized spacial score (nSPS) is 11.0. The Bertz CT molecular complexity index is 1510. The second kappa shape index (κ2) is 10.4. The van der Waals surface area contributed by atoms with Gasteiger partial charge in [0.25, 0.3) is 11.5 Å². The first-order chi connectivity index (χ1) is 17.3. The van der Waals surface area contributed by atoms with Crippen LogP contribution in [-0.4, -0.2) is 39.0 Å². The van der Waals surface area contributed by atoms with Crippen molar-refractivity contribution >= 4 is 17.4 Å². The van der Waals surface area contributed by atoms with Crippen LogP contribution in [0.2, 0.25) is 0 Å². The Balaban J connectivity index is 1.85. The number of carbonyl (C=O) groups is 1. The highest BCUT2D eigenvalue weighted by Crippen LogP contribution is 2.24. The molecular formula is C25H25FN6O4. The minimum atomic E-state index is -0.811. The summed E-state index contributed by atoms with van der Waals surface area (Å²) in [5.74, 6) is -1.27. The molecule has 0 saturated carbocycles. The smallest absolute Gasteiger partial charge is 0.330 e. The Morgan fingerprint density at radius 1 is 1.14 bits per heavy atom. The van der Waals surface area contributed by atoms with E-state index in [2.05, 4.69) is 10.1 Å². The zero-order chi connectivity index (χ0) is 25.8. The molecule has 0 radical (unpaired) electrons. The standard InChI is InChI=1S/C25H25FN6O4/c1-16-18(14-28-32(16)20-11-7-6-10-19(20)26)24(34)31(15-17-8-4-3-5-9-17)21-22(27)30(12-13-36-2)25(35)29-23(21)33/h3-11,14H,12-13,15,27H2,1-2H3,(H,29,33,35). The fourth-order valence-corrected chi connectivity index (χ4v) is 3.89. The molecule has 11 heteroatoms. The SMILES string of the molecule is COCCn1c(N)c(N(Cc2ccccc2)C(=O)c2cnn(-c3ccccc3F)c2C)c(=O)[nH]c1=O. The fourth-order valence-electron chi connectivity index (χ4n) is 3.89. The number of para-hydroxylation sites is 1. The van der Waals surface area contributed by atoms with Crippen LogP contribution in [-0.2, 0) is 17.8 Å². The molecule has 0 bridgehead atoms. The van der Waals surface area contributed by atoms with Crippen molar-refractivity contribution in [3.63, 3.8) is 0 Å². The first-order valence-corrected chi connectivity index (χ1v) is 11.1. The molecule has 0 atom stereocenters. The minimum Gasteiger partial charge on any atom is -0.383 e. The molecule has 0 spiro atoms. The van der Waals surface area contributed by atoms with E-state index in [9.17, 15) is 18.8 Å². The monoisotopic (exact) mass is 492 g/mol. The van der Waals surface area contributed by atoms with E-state index in [0.29, 0.717) is 5.69 Å². The summed E-state index contributed by atoms with van der Waals surface area (Å²) in [4.78, 5) is 42.7. The summed E-state index contributed by atoms with van der Waals surface area (Å²) in [5, 5.41) is 4.21. The number of benzene rings is 2. The van der Waals surface area contributed by atoms with Crippen molar-refractivity contribution in [2.24, 2.45) is 0 Å². The van der Waals surface area contributed by atoms with Crippen molar-refractivity contribution in [3.8, 4) is 5.69 Å². The Morgan fingerprint density at radius 2 is 1.83 bits per heavy atom. The molecule has 0 unspecified atom stereocenters. The summed E-state index contributed by atoms with van der Waals surface area (Å²) in [6.45, 7) is 1.85. The Hall–Kier alpha value is -4.51. The summed E-state index contributed by atoms with van der Waals surface area (Å²) in [5.41, 5.74) is 5.97. The van der Waals surface area contributed by atoms with Gasteiger partial charge in [-0.15, -0.1) is 0 Å². The van der Waals surface area contributed by atoms with Gasteiger partial charge in [0.1, 0.15) is 17.3 Å². The van der Waals surface area contributed by atoms with Gasteiger partial charge in [-0.3, -0.25) is 24.0 Å². The van der Waals surface area contributed by atoms with Gasteiger partial charge in [-0.25, -0.2) is 13.9 Å². The molecule has 0 aliphatic carbocycles. The molecule has 2 aromatic heterocycles. The molecule has 1 amide bonds. The van der Waals surface area contributed by atoms with Crippen molar-refractivity contribution in [2.45, 2.75) is 20.0 Å². The molecule has 2 aromatic carbocycles. The number of nitrogen functional groups attached to an aromatic ring is 1.